The number of nitrogens with one attached hydrogen (secondary N) is 1. The van der Waals surface area contributed by atoms with Crippen LogP contribution in [0, 0.1) is 5.92 Å². The van der Waals surface area contributed by atoms with Gasteiger partial charge in [-0.1, -0.05) is 57.6 Å². The molecule has 3 fully saturated rings. The maximum absolute atomic E-state index is 12.2. The first-order valence-electron chi connectivity index (χ1n) is 15.3. The van der Waals surface area contributed by atoms with Crippen LogP contribution >= 0.6 is 0 Å². The summed E-state index contributed by atoms with van der Waals surface area (Å²) in [5, 5.41) is 21.8. The summed E-state index contributed by atoms with van der Waals surface area (Å²) in [7, 11) is -2.15. The van der Waals surface area contributed by atoms with Gasteiger partial charge in [-0.2, -0.15) is 0 Å². The van der Waals surface area contributed by atoms with Crippen LogP contribution in [-0.4, -0.2) is 85.3 Å². The van der Waals surface area contributed by atoms with Crippen molar-refractivity contribution in [1.82, 2.24) is 5.32 Å². The van der Waals surface area contributed by atoms with Gasteiger partial charge in [0.25, 0.3) is 0 Å². The summed E-state index contributed by atoms with van der Waals surface area (Å²) in [4.78, 5) is 23.7. The second-order valence-corrected chi connectivity index (χ2v) is 18.8. The third-order valence-corrected chi connectivity index (χ3v) is 13.6. The van der Waals surface area contributed by atoms with Gasteiger partial charge in [0.2, 0.25) is 5.91 Å². The molecular formula is C32H53NO8Si. The number of carboxylic acids is 1. The smallest absolute Gasteiger partial charge is 0.305 e. The molecule has 238 valence electrons. The van der Waals surface area contributed by atoms with E-state index in [0.717, 1.165) is 18.4 Å². The maximum Gasteiger partial charge on any atom is 0.305 e. The first-order chi connectivity index (χ1) is 19.4. The van der Waals surface area contributed by atoms with Gasteiger partial charge in [0, 0.05) is 12.5 Å². The zero-order valence-electron chi connectivity index (χ0n) is 26.9. The van der Waals surface area contributed by atoms with Gasteiger partial charge in [0.05, 0.1) is 43.5 Å². The zero-order valence-corrected chi connectivity index (χ0v) is 27.9. The molecule has 9 nitrogen and oxygen atoms in total. The number of aliphatic hydroxyl groups is 1. The highest BCUT2D eigenvalue weighted by molar-refractivity contribution is 6.74. The third kappa shape index (κ3) is 9.34. The number of hydrogen-bond acceptors (Lipinski definition) is 7. The van der Waals surface area contributed by atoms with Crippen LogP contribution in [-0.2, 0) is 28.2 Å². The summed E-state index contributed by atoms with van der Waals surface area (Å²) in [6.07, 6.45) is 9.07. The Morgan fingerprint density at radius 2 is 1.86 bits per heavy atom. The number of aliphatic carboxylic acids is 1. The molecule has 0 aliphatic carbocycles. The number of amides is 1. The lowest BCUT2D eigenvalue weighted by Gasteiger charge is -2.46. The normalized spacial score (nSPS) is 35.1. The summed E-state index contributed by atoms with van der Waals surface area (Å²) in [6.45, 7) is 19.3. The minimum atomic E-state index is -2.15. The fourth-order valence-electron chi connectivity index (χ4n) is 5.43. The second kappa shape index (κ2) is 13.9. The zero-order chi connectivity index (χ0) is 31.5. The fraction of sp³-hybridized carbons (Fsp3) is 0.750. The van der Waals surface area contributed by atoms with Crippen molar-refractivity contribution in [3.05, 3.63) is 36.0 Å². The third-order valence-electron chi connectivity index (χ3n) is 9.18. The van der Waals surface area contributed by atoms with Crippen molar-refractivity contribution in [3.8, 4) is 0 Å². The molecule has 3 aliphatic rings. The Hall–Kier alpha value is -1.82. The van der Waals surface area contributed by atoms with Crippen LogP contribution in [0.1, 0.15) is 74.1 Å². The van der Waals surface area contributed by atoms with Crippen molar-refractivity contribution in [1.29, 1.82) is 0 Å². The summed E-state index contributed by atoms with van der Waals surface area (Å²) in [6, 6.07) is -0.0932. The van der Waals surface area contributed by atoms with Crippen LogP contribution < -0.4 is 5.32 Å². The molecule has 3 N–H and O–H groups in total. The van der Waals surface area contributed by atoms with Gasteiger partial charge in [0.15, 0.2) is 8.32 Å². The van der Waals surface area contributed by atoms with E-state index in [4.69, 9.17) is 18.6 Å². The van der Waals surface area contributed by atoms with E-state index in [1.807, 2.05) is 26.0 Å². The Balaban J connectivity index is 1.67. The standard InChI is InChI=1S/C32H53NO8Si/c1-20(10-13-26-21(2)16-25(23(4)39-26)33-28(35)15-12-22(3)34)11-14-27-30(41-42(8,9)31(5,6)7)32(19-38-32)18-24(40-27)17-29(36)37/h10-12,14-15,21-27,30,34H,13,16-19H2,1-9H3,(H,33,35)(H,36,37)/b14-11+,15-12-,20-10+/t21-,22-,23+,24+,25+,26-,27+,30+,32+/m0/s1. The van der Waals surface area contributed by atoms with E-state index >= 15 is 0 Å². The van der Waals surface area contributed by atoms with Crippen LogP contribution in [0.3, 0.4) is 0 Å². The summed E-state index contributed by atoms with van der Waals surface area (Å²) >= 11 is 0. The minimum absolute atomic E-state index is 0.00935. The highest BCUT2D eigenvalue weighted by atomic mass is 28.4. The lowest BCUT2D eigenvalue weighted by molar-refractivity contribution is -0.153. The maximum atomic E-state index is 12.2. The molecule has 10 heteroatoms. The summed E-state index contributed by atoms with van der Waals surface area (Å²) in [5.41, 5.74) is 0.554. The fourth-order valence-corrected chi connectivity index (χ4v) is 6.77. The van der Waals surface area contributed by atoms with Crippen LogP contribution in [0.4, 0.5) is 0 Å². The molecule has 0 bridgehead atoms. The second-order valence-electron chi connectivity index (χ2n) is 14.0. The van der Waals surface area contributed by atoms with Gasteiger partial charge in [-0.25, -0.2) is 0 Å². The number of carboxylic acid groups (broad SMARTS) is 1. The molecule has 3 aliphatic heterocycles. The molecule has 0 aromatic rings. The quantitative estimate of drug-likeness (QED) is 0.131. The number of carbonyl (C=O) groups excluding carboxylic acids is 1. The van der Waals surface area contributed by atoms with Crippen LogP contribution in [0.25, 0.3) is 0 Å². The molecule has 3 rings (SSSR count). The predicted molar refractivity (Wildman–Crippen MR) is 165 cm³/mol. The monoisotopic (exact) mass is 607 g/mol. The van der Waals surface area contributed by atoms with Crippen molar-refractivity contribution in [2.75, 3.05) is 6.61 Å². The van der Waals surface area contributed by atoms with Gasteiger partial charge in [0.1, 0.15) is 17.8 Å². The van der Waals surface area contributed by atoms with E-state index in [1.165, 1.54) is 12.2 Å². The van der Waals surface area contributed by atoms with Crippen molar-refractivity contribution in [3.63, 3.8) is 0 Å². The Morgan fingerprint density at radius 3 is 2.43 bits per heavy atom. The Bertz CT molecular complexity index is 1040. The molecule has 42 heavy (non-hydrogen) atoms. The number of rotatable bonds is 11. The van der Waals surface area contributed by atoms with Gasteiger partial charge in [-0.3, -0.25) is 9.59 Å². The first-order valence-corrected chi connectivity index (χ1v) is 18.2. The van der Waals surface area contributed by atoms with Crippen LogP contribution in [0.15, 0.2) is 36.0 Å². The predicted octanol–water partition coefficient (Wildman–Crippen LogP) is 4.91. The van der Waals surface area contributed by atoms with Crippen LogP contribution in [0.2, 0.25) is 18.1 Å². The molecule has 1 spiro atoms. The number of carbonyl (C=O) groups is 2. The average Bonchev–Trinajstić information content (AvgIpc) is 3.63. The van der Waals surface area contributed by atoms with Crippen molar-refractivity contribution < 1.29 is 38.4 Å². The van der Waals surface area contributed by atoms with E-state index in [1.54, 1.807) is 6.92 Å². The van der Waals surface area contributed by atoms with Gasteiger partial charge < -0.3 is 34.2 Å². The molecule has 0 unspecified atom stereocenters. The van der Waals surface area contributed by atoms with Crippen molar-refractivity contribution in [2.45, 2.75) is 141 Å². The Kier molecular flexibility index (Phi) is 11.4. The van der Waals surface area contributed by atoms with E-state index in [0.29, 0.717) is 13.0 Å². The molecule has 3 saturated heterocycles. The van der Waals surface area contributed by atoms with E-state index < -0.39 is 38.2 Å². The van der Waals surface area contributed by atoms with Crippen molar-refractivity contribution >= 4 is 20.2 Å². The van der Waals surface area contributed by atoms with Crippen molar-refractivity contribution in [2.24, 2.45) is 5.92 Å². The molecule has 0 aromatic heterocycles. The molecule has 9 atom stereocenters. The van der Waals surface area contributed by atoms with Gasteiger partial charge in [-0.15, -0.1) is 0 Å². The molecule has 0 saturated carbocycles. The molecule has 3 heterocycles. The highest BCUT2D eigenvalue weighted by Gasteiger charge is 2.61. The lowest BCUT2D eigenvalue weighted by Crippen LogP contribution is -2.57. The number of ether oxygens (including phenoxy) is 3. The topological polar surface area (TPSA) is 127 Å². The SMILES string of the molecule is CC(/C=C/[C@H]1O[C@H](CC(=O)O)C[C@@]2(CO2)[C@@H]1O[Si](C)(C)C(C)(C)C)=C\C[C@@H]1O[C@H](C)[C@H](NC(=O)/C=C\[C@H](C)O)C[C@@H]1C. The van der Waals surface area contributed by atoms with E-state index in [9.17, 15) is 19.8 Å². The van der Waals surface area contributed by atoms with Crippen LogP contribution in [0.5, 0.6) is 0 Å². The number of aliphatic hydroxyl groups excluding tert-OH is 1. The molecule has 0 aromatic carbocycles. The largest absolute Gasteiger partial charge is 0.481 e. The Labute approximate surface area is 252 Å². The Morgan fingerprint density at radius 1 is 1.19 bits per heavy atom. The number of hydrogen-bond donors (Lipinski definition) is 3. The van der Waals surface area contributed by atoms with E-state index in [2.05, 4.69) is 52.2 Å². The summed E-state index contributed by atoms with van der Waals surface area (Å²) < 4.78 is 25.5. The van der Waals surface area contributed by atoms with Gasteiger partial charge in [-0.05, 0) is 57.7 Å². The molecule has 0 radical (unpaired) electrons. The lowest BCUT2D eigenvalue weighted by atomic mass is 9.87. The van der Waals surface area contributed by atoms with Gasteiger partial charge >= 0.3 is 5.97 Å². The first kappa shape index (κ1) is 34.7. The minimum Gasteiger partial charge on any atom is -0.481 e. The number of epoxide rings is 1. The molecular weight excluding hydrogens is 554 g/mol. The average molecular weight is 608 g/mol. The number of allylic oxidation sites excluding steroid dienone is 2. The summed E-state index contributed by atoms with van der Waals surface area (Å²) in [5.74, 6) is -0.868. The molecule has 1 amide bonds. The highest BCUT2D eigenvalue weighted by Crippen LogP contribution is 2.48. The van der Waals surface area contributed by atoms with E-state index in [-0.39, 0.29) is 47.6 Å².